The first-order chi connectivity index (χ1) is 8.40. The van der Waals surface area contributed by atoms with Crippen LogP contribution in [0.4, 0.5) is 6.01 Å². The minimum Gasteiger partial charge on any atom is -0.408 e. The second kappa shape index (κ2) is 6.10. The summed E-state index contributed by atoms with van der Waals surface area (Å²) < 4.78 is 4.96. The zero-order valence-corrected chi connectivity index (χ0v) is 10.6. The lowest BCUT2D eigenvalue weighted by atomic mass is 10.1. The van der Waals surface area contributed by atoms with Crippen LogP contribution in [-0.2, 0) is 9.59 Å². The van der Waals surface area contributed by atoms with Crippen molar-refractivity contribution in [3.63, 3.8) is 0 Å². The van der Waals surface area contributed by atoms with Crippen molar-refractivity contribution < 1.29 is 14.0 Å². The molecule has 8 heteroatoms. The number of carbonyl (C=O) groups excluding carboxylic acids is 2. The van der Waals surface area contributed by atoms with E-state index >= 15 is 0 Å². The minimum absolute atomic E-state index is 0.0000861. The van der Waals surface area contributed by atoms with E-state index in [1.165, 1.54) is 0 Å². The quantitative estimate of drug-likeness (QED) is 0.646. The van der Waals surface area contributed by atoms with E-state index in [1.807, 2.05) is 13.8 Å². The van der Waals surface area contributed by atoms with Crippen molar-refractivity contribution in [1.82, 2.24) is 15.5 Å². The van der Waals surface area contributed by atoms with E-state index < -0.39 is 11.9 Å². The number of hydrogen-bond acceptors (Lipinski definition) is 6. The van der Waals surface area contributed by atoms with Gasteiger partial charge in [0.25, 0.3) is 0 Å². The zero-order chi connectivity index (χ0) is 13.7. The maximum absolute atomic E-state index is 11.5. The van der Waals surface area contributed by atoms with E-state index in [9.17, 15) is 9.59 Å². The fraction of sp³-hybridized carbons (Fsp3) is 0.600. The molecule has 1 heterocycles. The first-order valence-corrected chi connectivity index (χ1v) is 5.53. The lowest BCUT2D eigenvalue weighted by Gasteiger charge is -2.14. The average molecular weight is 255 g/mol. The second-order valence-corrected chi connectivity index (χ2v) is 4.16. The highest BCUT2D eigenvalue weighted by Crippen LogP contribution is 2.02. The van der Waals surface area contributed by atoms with Gasteiger partial charge in [-0.05, 0) is 5.92 Å². The Kier molecular flexibility index (Phi) is 4.78. The third-order valence-corrected chi connectivity index (χ3v) is 2.22. The van der Waals surface area contributed by atoms with Crippen LogP contribution >= 0.6 is 0 Å². The molecule has 0 aliphatic heterocycles. The Morgan fingerprint density at radius 1 is 1.39 bits per heavy atom. The first kappa shape index (κ1) is 14.1. The van der Waals surface area contributed by atoms with Gasteiger partial charge in [-0.15, -0.1) is 5.10 Å². The van der Waals surface area contributed by atoms with Crippen LogP contribution in [0.3, 0.4) is 0 Å². The molecule has 4 N–H and O–H groups in total. The van der Waals surface area contributed by atoms with Crippen molar-refractivity contribution in [1.29, 1.82) is 0 Å². The summed E-state index contributed by atoms with van der Waals surface area (Å²) in [4.78, 5) is 22.9. The van der Waals surface area contributed by atoms with Crippen LogP contribution in [0.25, 0.3) is 0 Å². The molecule has 1 aromatic rings. The van der Waals surface area contributed by atoms with E-state index in [-0.39, 0.29) is 24.4 Å². The van der Waals surface area contributed by atoms with Crippen molar-refractivity contribution >= 4 is 17.8 Å². The van der Waals surface area contributed by atoms with E-state index in [0.717, 1.165) is 0 Å². The Balaban J connectivity index is 2.35. The number of aryl methyl sites for hydroxylation is 1. The maximum Gasteiger partial charge on any atom is 0.322 e. The number of carbonyl (C=O) groups is 2. The summed E-state index contributed by atoms with van der Waals surface area (Å²) in [6, 6.07) is -0.636. The Morgan fingerprint density at radius 3 is 2.56 bits per heavy atom. The van der Waals surface area contributed by atoms with E-state index in [2.05, 4.69) is 20.8 Å². The Labute approximate surface area is 104 Å². The van der Waals surface area contributed by atoms with E-state index in [0.29, 0.717) is 5.89 Å². The molecule has 8 nitrogen and oxygen atoms in total. The van der Waals surface area contributed by atoms with Crippen molar-refractivity contribution in [2.24, 2.45) is 11.7 Å². The standard InChI is InChI=1S/C10H17N5O3/c1-5(2)8(11)9(17)12-4-7(16)13-10-15-14-6(3)18-10/h5,8H,4,11H2,1-3H3,(H,12,17)(H,13,15,16)/t8-/m0/s1. The summed E-state index contributed by atoms with van der Waals surface area (Å²) in [6.07, 6.45) is 0. The number of nitrogens with two attached hydrogens (primary N) is 1. The molecule has 0 aliphatic carbocycles. The molecule has 0 unspecified atom stereocenters. The van der Waals surface area contributed by atoms with Gasteiger partial charge in [0.15, 0.2) is 0 Å². The van der Waals surface area contributed by atoms with Gasteiger partial charge in [0.05, 0.1) is 12.6 Å². The molecular weight excluding hydrogens is 238 g/mol. The largest absolute Gasteiger partial charge is 0.408 e. The average Bonchev–Trinajstić information content (AvgIpc) is 2.70. The van der Waals surface area contributed by atoms with E-state index in [4.69, 9.17) is 10.2 Å². The van der Waals surface area contributed by atoms with Gasteiger partial charge in [-0.2, -0.15) is 0 Å². The number of rotatable bonds is 5. The van der Waals surface area contributed by atoms with Crippen molar-refractivity contribution in [3.05, 3.63) is 5.89 Å². The summed E-state index contributed by atoms with van der Waals surface area (Å²) >= 11 is 0. The highest BCUT2D eigenvalue weighted by atomic mass is 16.4. The highest BCUT2D eigenvalue weighted by Gasteiger charge is 2.18. The molecule has 0 aromatic carbocycles. The molecule has 0 saturated heterocycles. The fourth-order valence-electron chi connectivity index (χ4n) is 1.10. The predicted octanol–water partition coefficient (Wildman–Crippen LogP) is -0.584. The third-order valence-electron chi connectivity index (χ3n) is 2.22. The predicted molar refractivity (Wildman–Crippen MR) is 63.5 cm³/mol. The Hall–Kier alpha value is -1.96. The van der Waals surface area contributed by atoms with Crippen LogP contribution in [0.5, 0.6) is 0 Å². The van der Waals surface area contributed by atoms with Crippen molar-refractivity contribution in [2.75, 3.05) is 11.9 Å². The van der Waals surface area contributed by atoms with Crippen LogP contribution in [0.15, 0.2) is 4.42 Å². The zero-order valence-electron chi connectivity index (χ0n) is 10.6. The summed E-state index contributed by atoms with van der Waals surface area (Å²) in [6.45, 7) is 5.06. The SMILES string of the molecule is Cc1nnc(NC(=O)CNC(=O)[C@@H](N)C(C)C)o1. The van der Waals surface area contributed by atoms with Gasteiger partial charge in [-0.3, -0.25) is 14.9 Å². The van der Waals surface area contributed by atoms with Gasteiger partial charge in [-0.25, -0.2) is 0 Å². The second-order valence-electron chi connectivity index (χ2n) is 4.16. The molecular formula is C10H17N5O3. The number of nitrogens with one attached hydrogen (secondary N) is 2. The van der Waals surface area contributed by atoms with E-state index in [1.54, 1.807) is 6.92 Å². The topological polar surface area (TPSA) is 123 Å². The molecule has 0 radical (unpaired) electrons. The van der Waals surface area contributed by atoms with Gasteiger partial charge < -0.3 is 15.5 Å². The monoisotopic (exact) mass is 255 g/mol. The maximum atomic E-state index is 11.5. The lowest BCUT2D eigenvalue weighted by Crippen LogP contribution is -2.46. The fourth-order valence-corrected chi connectivity index (χ4v) is 1.10. The summed E-state index contributed by atoms with van der Waals surface area (Å²) in [7, 11) is 0. The van der Waals surface area contributed by atoms with Gasteiger partial charge in [0.2, 0.25) is 17.7 Å². The van der Waals surface area contributed by atoms with Crippen LogP contribution in [-0.4, -0.2) is 34.6 Å². The van der Waals surface area contributed by atoms with Gasteiger partial charge in [0.1, 0.15) is 0 Å². The molecule has 0 saturated carbocycles. The first-order valence-electron chi connectivity index (χ1n) is 5.53. The number of aromatic nitrogens is 2. The summed E-state index contributed by atoms with van der Waals surface area (Å²) in [5.41, 5.74) is 5.62. The molecule has 100 valence electrons. The van der Waals surface area contributed by atoms with Gasteiger partial charge >= 0.3 is 6.01 Å². The van der Waals surface area contributed by atoms with Gasteiger partial charge in [-0.1, -0.05) is 18.9 Å². The van der Waals surface area contributed by atoms with Crippen LogP contribution in [0.1, 0.15) is 19.7 Å². The number of amides is 2. The molecule has 0 bridgehead atoms. The van der Waals surface area contributed by atoms with Crippen LogP contribution < -0.4 is 16.4 Å². The lowest BCUT2D eigenvalue weighted by molar-refractivity contribution is -0.125. The summed E-state index contributed by atoms with van der Waals surface area (Å²) in [5.74, 6) is -0.479. The molecule has 0 fully saturated rings. The summed E-state index contributed by atoms with van der Waals surface area (Å²) in [5, 5.41) is 11.9. The number of anilines is 1. The molecule has 0 aliphatic rings. The number of nitrogens with zero attached hydrogens (tertiary/aromatic N) is 2. The highest BCUT2D eigenvalue weighted by molar-refractivity contribution is 5.93. The smallest absolute Gasteiger partial charge is 0.322 e. The van der Waals surface area contributed by atoms with Gasteiger partial charge in [0, 0.05) is 6.92 Å². The molecule has 1 rings (SSSR count). The molecule has 2 amide bonds. The molecule has 1 aromatic heterocycles. The third kappa shape index (κ3) is 4.13. The Bertz CT molecular complexity index is 429. The van der Waals surface area contributed by atoms with Crippen molar-refractivity contribution in [3.8, 4) is 0 Å². The van der Waals surface area contributed by atoms with Crippen LogP contribution in [0, 0.1) is 12.8 Å². The van der Waals surface area contributed by atoms with Crippen molar-refractivity contribution in [2.45, 2.75) is 26.8 Å². The Morgan fingerprint density at radius 2 is 2.06 bits per heavy atom. The number of hydrogen-bond donors (Lipinski definition) is 3. The molecule has 18 heavy (non-hydrogen) atoms. The normalized spacial score (nSPS) is 12.3. The molecule has 0 spiro atoms. The molecule has 1 atom stereocenters. The minimum atomic E-state index is -0.636. The van der Waals surface area contributed by atoms with Crippen LogP contribution in [0.2, 0.25) is 0 Å².